The van der Waals surface area contributed by atoms with Crippen LogP contribution >= 0.6 is 11.6 Å². The number of nitrogens with one attached hydrogen (secondary N) is 2. The van der Waals surface area contributed by atoms with Crippen LogP contribution in [0.25, 0.3) is 0 Å². The Balaban J connectivity index is 2.68. The van der Waals surface area contributed by atoms with Crippen LogP contribution in [-0.4, -0.2) is 25.0 Å². The molecule has 0 bridgehead atoms. The standard InChI is InChI=1S/C11H11ClF2N2O3/c1-6(17)15-5-10(18)16-7-2-3-8(12)9(4-7)19-11(13)14/h2-4,11H,5H2,1H3,(H,15,17)(H,16,18). The van der Waals surface area contributed by atoms with E-state index in [1.165, 1.54) is 25.1 Å². The van der Waals surface area contributed by atoms with Crippen LogP contribution in [0.2, 0.25) is 5.02 Å². The molecule has 1 aromatic carbocycles. The van der Waals surface area contributed by atoms with Gasteiger partial charge in [0, 0.05) is 18.7 Å². The number of hydrogen-bond donors (Lipinski definition) is 2. The molecule has 104 valence electrons. The van der Waals surface area contributed by atoms with Crippen LogP contribution in [0.3, 0.4) is 0 Å². The molecule has 0 aliphatic heterocycles. The van der Waals surface area contributed by atoms with Gasteiger partial charge in [0.25, 0.3) is 0 Å². The quantitative estimate of drug-likeness (QED) is 0.872. The van der Waals surface area contributed by atoms with Gasteiger partial charge in [-0.1, -0.05) is 11.6 Å². The number of hydrogen-bond acceptors (Lipinski definition) is 3. The van der Waals surface area contributed by atoms with Gasteiger partial charge in [-0.15, -0.1) is 0 Å². The predicted molar refractivity (Wildman–Crippen MR) is 65.4 cm³/mol. The molecule has 0 heterocycles. The maximum atomic E-state index is 12.1. The van der Waals surface area contributed by atoms with Crippen molar-refractivity contribution in [2.24, 2.45) is 0 Å². The van der Waals surface area contributed by atoms with Crippen LogP contribution < -0.4 is 15.4 Å². The third-order valence-corrected chi connectivity index (χ3v) is 2.24. The Morgan fingerprint density at radius 2 is 2.11 bits per heavy atom. The summed E-state index contributed by atoms with van der Waals surface area (Å²) in [7, 11) is 0. The Morgan fingerprint density at radius 3 is 2.68 bits per heavy atom. The highest BCUT2D eigenvalue weighted by atomic mass is 35.5. The zero-order chi connectivity index (χ0) is 14.4. The molecule has 2 N–H and O–H groups in total. The molecule has 0 fully saturated rings. The van der Waals surface area contributed by atoms with Crippen molar-refractivity contribution in [3.05, 3.63) is 23.2 Å². The summed E-state index contributed by atoms with van der Waals surface area (Å²) in [6, 6.07) is 3.90. The lowest BCUT2D eigenvalue weighted by atomic mass is 10.3. The van der Waals surface area contributed by atoms with Crippen LogP contribution in [0.15, 0.2) is 18.2 Å². The molecule has 0 aliphatic carbocycles. The van der Waals surface area contributed by atoms with Crippen molar-refractivity contribution in [2.75, 3.05) is 11.9 Å². The van der Waals surface area contributed by atoms with Crippen molar-refractivity contribution in [1.82, 2.24) is 5.32 Å². The van der Waals surface area contributed by atoms with Gasteiger partial charge in [0.15, 0.2) is 0 Å². The van der Waals surface area contributed by atoms with E-state index in [4.69, 9.17) is 11.6 Å². The Hall–Kier alpha value is -1.89. The SMILES string of the molecule is CC(=O)NCC(=O)Nc1ccc(Cl)c(OC(F)F)c1. The molecule has 19 heavy (non-hydrogen) atoms. The number of benzene rings is 1. The highest BCUT2D eigenvalue weighted by Gasteiger charge is 2.10. The van der Waals surface area contributed by atoms with Crippen molar-refractivity contribution in [3.8, 4) is 5.75 Å². The van der Waals surface area contributed by atoms with E-state index in [1.807, 2.05) is 0 Å². The Kier molecular flexibility index (Phi) is 5.50. The van der Waals surface area contributed by atoms with Crippen LogP contribution in [0.5, 0.6) is 5.75 Å². The lowest BCUT2D eigenvalue weighted by Gasteiger charge is -2.10. The average molecular weight is 293 g/mol. The predicted octanol–water partition coefficient (Wildman–Crippen LogP) is 2.02. The Morgan fingerprint density at radius 1 is 1.42 bits per heavy atom. The van der Waals surface area contributed by atoms with E-state index in [2.05, 4.69) is 15.4 Å². The minimum absolute atomic E-state index is 0.000148. The first kappa shape index (κ1) is 15.2. The summed E-state index contributed by atoms with van der Waals surface area (Å²) in [5.74, 6) is -1.09. The van der Waals surface area contributed by atoms with Gasteiger partial charge >= 0.3 is 6.61 Å². The van der Waals surface area contributed by atoms with E-state index in [-0.39, 0.29) is 28.9 Å². The van der Waals surface area contributed by atoms with E-state index in [0.717, 1.165) is 0 Å². The second-order valence-electron chi connectivity index (χ2n) is 3.48. The average Bonchev–Trinajstić information content (AvgIpc) is 2.30. The zero-order valence-corrected chi connectivity index (χ0v) is 10.6. The van der Waals surface area contributed by atoms with Gasteiger partial charge < -0.3 is 15.4 Å². The highest BCUT2D eigenvalue weighted by Crippen LogP contribution is 2.29. The smallest absolute Gasteiger partial charge is 0.387 e. The van der Waals surface area contributed by atoms with Gasteiger partial charge in [-0.3, -0.25) is 9.59 Å². The minimum Gasteiger partial charge on any atom is -0.433 e. The molecule has 1 rings (SSSR count). The summed E-state index contributed by atoms with van der Waals surface area (Å²) in [6.07, 6.45) is 0. The highest BCUT2D eigenvalue weighted by molar-refractivity contribution is 6.32. The fourth-order valence-corrected chi connectivity index (χ4v) is 1.34. The van der Waals surface area contributed by atoms with Crippen molar-refractivity contribution >= 4 is 29.1 Å². The van der Waals surface area contributed by atoms with E-state index in [9.17, 15) is 18.4 Å². The number of halogens is 3. The zero-order valence-electron chi connectivity index (χ0n) is 9.88. The maximum absolute atomic E-state index is 12.1. The molecular weight excluding hydrogens is 282 g/mol. The van der Waals surface area contributed by atoms with Crippen molar-refractivity contribution < 1.29 is 23.1 Å². The molecular formula is C11H11ClF2N2O3. The molecule has 0 spiro atoms. The van der Waals surface area contributed by atoms with E-state index in [1.54, 1.807) is 0 Å². The van der Waals surface area contributed by atoms with Gasteiger partial charge in [0.2, 0.25) is 11.8 Å². The molecule has 5 nitrogen and oxygen atoms in total. The van der Waals surface area contributed by atoms with Gasteiger partial charge in [0.1, 0.15) is 5.75 Å². The van der Waals surface area contributed by atoms with Gasteiger partial charge in [-0.2, -0.15) is 8.78 Å². The lowest BCUT2D eigenvalue weighted by molar-refractivity contribution is -0.122. The topological polar surface area (TPSA) is 67.4 Å². The largest absolute Gasteiger partial charge is 0.433 e. The van der Waals surface area contributed by atoms with Crippen LogP contribution in [0.1, 0.15) is 6.92 Å². The number of alkyl halides is 2. The van der Waals surface area contributed by atoms with Gasteiger partial charge in [0.05, 0.1) is 11.6 Å². The summed E-state index contributed by atoms with van der Waals surface area (Å²) in [6.45, 7) is -1.96. The van der Waals surface area contributed by atoms with E-state index in [0.29, 0.717) is 0 Å². The second kappa shape index (κ2) is 6.89. The fraction of sp³-hybridized carbons (Fsp3) is 0.273. The third kappa shape index (κ3) is 5.52. The number of anilines is 1. The summed E-state index contributed by atoms with van der Waals surface area (Å²) >= 11 is 5.65. The molecule has 0 radical (unpaired) electrons. The van der Waals surface area contributed by atoms with Crippen molar-refractivity contribution in [2.45, 2.75) is 13.5 Å². The molecule has 0 aliphatic rings. The second-order valence-corrected chi connectivity index (χ2v) is 3.89. The van der Waals surface area contributed by atoms with Crippen molar-refractivity contribution in [1.29, 1.82) is 0 Å². The van der Waals surface area contributed by atoms with Gasteiger partial charge in [-0.05, 0) is 12.1 Å². The number of carbonyl (C=O) groups is 2. The molecule has 0 aromatic heterocycles. The van der Waals surface area contributed by atoms with E-state index >= 15 is 0 Å². The minimum atomic E-state index is -3.01. The fourth-order valence-electron chi connectivity index (χ4n) is 1.18. The molecule has 0 unspecified atom stereocenters. The summed E-state index contributed by atoms with van der Waals surface area (Å²) in [5, 5.41) is 4.70. The van der Waals surface area contributed by atoms with Crippen LogP contribution in [-0.2, 0) is 9.59 Å². The number of rotatable bonds is 5. The molecule has 0 atom stereocenters. The Labute approximate surface area is 112 Å². The summed E-state index contributed by atoms with van der Waals surface area (Å²) in [4.78, 5) is 22.0. The molecule has 1 aromatic rings. The third-order valence-electron chi connectivity index (χ3n) is 1.93. The molecule has 2 amide bonds. The first-order valence-electron chi connectivity index (χ1n) is 5.17. The first-order chi connectivity index (χ1) is 8.88. The summed E-state index contributed by atoms with van der Waals surface area (Å²) < 4.78 is 28.4. The first-order valence-corrected chi connectivity index (χ1v) is 5.55. The van der Waals surface area contributed by atoms with Crippen LogP contribution in [0.4, 0.5) is 14.5 Å². The van der Waals surface area contributed by atoms with Crippen molar-refractivity contribution in [3.63, 3.8) is 0 Å². The number of ether oxygens (including phenoxy) is 1. The number of amides is 2. The molecule has 0 saturated carbocycles. The summed E-state index contributed by atoms with van der Waals surface area (Å²) in [5.41, 5.74) is 0.232. The molecule has 0 saturated heterocycles. The monoisotopic (exact) mass is 292 g/mol. The van der Waals surface area contributed by atoms with E-state index < -0.39 is 12.5 Å². The van der Waals surface area contributed by atoms with Gasteiger partial charge in [-0.25, -0.2) is 0 Å². The normalized spacial score (nSPS) is 10.2. The molecule has 8 heteroatoms. The number of carbonyl (C=O) groups excluding carboxylic acids is 2. The van der Waals surface area contributed by atoms with Crippen LogP contribution in [0, 0.1) is 0 Å². The lowest BCUT2D eigenvalue weighted by Crippen LogP contribution is -2.31. The maximum Gasteiger partial charge on any atom is 0.387 e. The Bertz CT molecular complexity index is 483.